The molecular weight excluding hydrogens is 382 g/mol. The van der Waals surface area contributed by atoms with Crippen LogP contribution in [-0.4, -0.2) is 79.3 Å². The van der Waals surface area contributed by atoms with Crippen molar-refractivity contribution in [2.45, 2.75) is 39.2 Å². The van der Waals surface area contributed by atoms with Gasteiger partial charge in [0.25, 0.3) is 0 Å². The summed E-state index contributed by atoms with van der Waals surface area (Å²) < 4.78 is 5.52. The maximum Gasteiger partial charge on any atom is 0.146 e. The second-order valence-electron chi connectivity index (χ2n) is 9.03. The first kappa shape index (κ1) is 19.7. The second-order valence-corrected chi connectivity index (χ2v) is 10.1. The summed E-state index contributed by atoms with van der Waals surface area (Å²) in [6.07, 6.45) is 4.88. The molecule has 2 aliphatic heterocycles. The summed E-state index contributed by atoms with van der Waals surface area (Å²) >= 11 is 1.93. The fourth-order valence-electron chi connectivity index (χ4n) is 4.88. The van der Waals surface area contributed by atoms with Gasteiger partial charge < -0.3 is 14.5 Å². The Bertz CT molecular complexity index is 862. The zero-order valence-corrected chi connectivity index (χ0v) is 18.6. The van der Waals surface area contributed by atoms with Gasteiger partial charge in [0.05, 0.1) is 25.1 Å². The average molecular weight is 416 g/mol. The Balaban J connectivity index is 1.55. The van der Waals surface area contributed by atoms with E-state index >= 15 is 0 Å². The number of thiophene rings is 1. The molecule has 0 amide bonds. The van der Waals surface area contributed by atoms with Crippen LogP contribution in [0.4, 0.5) is 5.82 Å². The summed E-state index contributed by atoms with van der Waals surface area (Å²) in [4.78, 5) is 20.5. The highest BCUT2D eigenvalue weighted by atomic mass is 32.1. The molecule has 6 nitrogen and oxygen atoms in total. The van der Waals surface area contributed by atoms with Gasteiger partial charge in [-0.3, -0.25) is 4.90 Å². The lowest BCUT2D eigenvalue weighted by atomic mass is 9.89. The molecule has 3 aliphatic rings. The van der Waals surface area contributed by atoms with Gasteiger partial charge >= 0.3 is 0 Å². The van der Waals surface area contributed by atoms with Gasteiger partial charge in [0, 0.05) is 37.6 Å². The molecule has 0 radical (unpaired) electrons. The van der Waals surface area contributed by atoms with Crippen LogP contribution in [-0.2, 0) is 24.1 Å². The Morgan fingerprint density at radius 2 is 1.93 bits per heavy atom. The maximum atomic E-state index is 5.52. The number of rotatable bonds is 3. The van der Waals surface area contributed by atoms with Gasteiger partial charge in [-0.2, -0.15) is 0 Å². The standard InChI is InChI=1S/C22H33N5OS/c1-16-4-5-17-18(14-16)29-22-20(17)21(27-7-3-6-25(2)8-9-27)23-19(24-22)15-26-10-12-28-13-11-26/h16H,3-15H2,1-2H3. The Kier molecular flexibility index (Phi) is 5.74. The summed E-state index contributed by atoms with van der Waals surface area (Å²) in [6, 6.07) is 0. The Labute approximate surface area is 177 Å². The van der Waals surface area contributed by atoms with Crippen LogP contribution in [0.1, 0.15) is 36.0 Å². The van der Waals surface area contributed by atoms with Gasteiger partial charge in [-0.25, -0.2) is 9.97 Å². The SMILES string of the molecule is CC1CCc2c(sc3nc(CN4CCOCC4)nc(N4CCCN(C)CC4)c23)C1. The van der Waals surface area contributed by atoms with Crippen LogP contribution in [0.2, 0.25) is 0 Å². The van der Waals surface area contributed by atoms with E-state index < -0.39 is 0 Å². The van der Waals surface area contributed by atoms with Crippen molar-refractivity contribution in [3.63, 3.8) is 0 Å². The van der Waals surface area contributed by atoms with Gasteiger partial charge in [0.15, 0.2) is 0 Å². The molecule has 1 atom stereocenters. The number of fused-ring (bicyclic) bond motifs is 3. The van der Waals surface area contributed by atoms with Crippen LogP contribution in [0.15, 0.2) is 0 Å². The fraction of sp³-hybridized carbons (Fsp3) is 0.727. The summed E-state index contributed by atoms with van der Waals surface area (Å²) in [6.45, 7) is 11.2. The van der Waals surface area contributed by atoms with E-state index in [0.717, 1.165) is 64.2 Å². The van der Waals surface area contributed by atoms with Crippen LogP contribution in [0.25, 0.3) is 10.2 Å². The quantitative estimate of drug-likeness (QED) is 0.768. The molecular formula is C22H33N5OS. The Morgan fingerprint density at radius 3 is 2.79 bits per heavy atom. The van der Waals surface area contributed by atoms with Crippen molar-refractivity contribution in [1.29, 1.82) is 0 Å². The highest BCUT2D eigenvalue weighted by Gasteiger charge is 2.27. The molecule has 2 aromatic rings. The summed E-state index contributed by atoms with van der Waals surface area (Å²) in [5.41, 5.74) is 1.55. The molecule has 0 spiro atoms. The zero-order chi connectivity index (χ0) is 19.8. The number of hydrogen-bond donors (Lipinski definition) is 0. The molecule has 5 rings (SSSR count). The average Bonchev–Trinajstić information content (AvgIpc) is 2.93. The highest BCUT2D eigenvalue weighted by molar-refractivity contribution is 7.19. The lowest BCUT2D eigenvalue weighted by molar-refractivity contribution is 0.0331. The number of likely N-dealkylation sites (N-methyl/N-ethyl adjacent to an activating group) is 1. The van der Waals surface area contributed by atoms with Crippen LogP contribution in [0.5, 0.6) is 0 Å². The van der Waals surface area contributed by atoms with E-state index in [4.69, 9.17) is 14.7 Å². The normalized spacial score (nSPS) is 24.6. The minimum atomic E-state index is 0.784. The van der Waals surface area contributed by atoms with Crippen molar-refractivity contribution in [1.82, 2.24) is 19.8 Å². The molecule has 29 heavy (non-hydrogen) atoms. The Hall–Kier alpha value is -1.28. The lowest BCUT2D eigenvalue weighted by Crippen LogP contribution is -2.36. The zero-order valence-electron chi connectivity index (χ0n) is 17.8. The number of anilines is 1. The van der Waals surface area contributed by atoms with Gasteiger partial charge in [0.1, 0.15) is 16.5 Å². The minimum absolute atomic E-state index is 0.784. The first-order valence-corrected chi connectivity index (χ1v) is 12.0. The van der Waals surface area contributed by atoms with Gasteiger partial charge in [-0.15, -0.1) is 11.3 Å². The van der Waals surface area contributed by atoms with E-state index in [1.165, 1.54) is 48.3 Å². The van der Waals surface area contributed by atoms with Crippen molar-refractivity contribution in [2.24, 2.45) is 5.92 Å². The van der Waals surface area contributed by atoms with Crippen molar-refractivity contribution < 1.29 is 4.74 Å². The molecule has 4 heterocycles. The molecule has 0 saturated carbocycles. The molecule has 7 heteroatoms. The van der Waals surface area contributed by atoms with Gasteiger partial charge in [0.2, 0.25) is 0 Å². The smallest absolute Gasteiger partial charge is 0.146 e. The summed E-state index contributed by atoms with van der Waals surface area (Å²) in [5, 5.41) is 1.37. The minimum Gasteiger partial charge on any atom is -0.379 e. The van der Waals surface area contributed by atoms with Crippen molar-refractivity contribution in [3.05, 3.63) is 16.3 Å². The molecule has 1 aliphatic carbocycles. The maximum absolute atomic E-state index is 5.52. The molecule has 2 saturated heterocycles. The molecule has 2 aromatic heterocycles. The predicted molar refractivity (Wildman–Crippen MR) is 119 cm³/mol. The summed E-state index contributed by atoms with van der Waals surface area (Å²) in [5.74, 6) is 2.98. The van der Waals surface area contributed by atoms with E-state index in [0.29, 0.717) is 0 Å². The van der Waals surface area contributed by atoms with Crippen molar-refractivity contribution in [2.75, 3.05) is 64.4 Å². The molecule has 1 unspecified atom stereocenters. The number of aryl methyl sites for hydroxylation is 1. The summed E-state index contributed by atoms with van der Waals surface area (Å²) in [7, 11) is 2.23. The largest absolute Gasteiger partial charge is 0.379 e. The molecule has 0 bridgehead atoms. The lowest BCUT2D eigenvalue weighted by Gasteiger charge is -2.27. The number of ether oxygens (including phenoxy) is 1. The topological polar surface area (TPSA) is 44.7 Å². The van der Waals surface area contributed by atoms with Crippen molar-refractivity contribution in [3.8, 4) is 0 Å². The first-order chi connectivity index (χ1) is 14.2. The van der Waals surface area contributed by atoms with E-state index in [1.54, 1.807) is 10.4 Å². The number of nitrogens with zero attached hydrogens (tertiary/aromatic N) is 5. The molecule has 0 aromatic carbocycles. The van der Waals surface area contributed by atoms with Crippen LogP contribution < -0.4 is 4.90 Å². The van der Waals surface area contributed by atoms with Crippen LogP contribution in [0.3, 0.4) is 0 Å². The first-order valence-electron chi connectivity index (χ1n) is 11.2. The van der Waals surface area contributed by atoms with E-state index in [9.17, 15) is 0 Å². The van der Waals surface area contributed by atoms with Gasteiger partial charge in [-0.1, -0.05) is 6.92 Å². The number of aromatic nitrogens is 2. The molecule has 0 N–H and O–H groups in total. The third-order valence-electron chi connectivity index (χ3n) is 6.67. The molecule has 158 valence electrons. The third-order valence-corrected chi connectivity index (χ3v) is 7.82. The van der Waals surface area contributed by atoms with Crippen LogP contribution >= 0.6 is 11.3 Å². The van der Waals surface area contributed by atoms with E-state index in [-0.39, 0.29) is 0 Å². The number of hydrogen-bond acceptors (Lipinski definition) is 7. The highest BCUT2D eigenvalue weighted by Crippen LogP contribution is 2.41. The van der Waals surface area contributed by atoms with Crippen molar-refractivity contribution >= 4 is 27.4 Å². The second kappa shape index (κ2) is 8.46. The van der Waals surface area contributed by atoms with Gasteiger partial charge in [-0.05, 0) is 50.8 Å². The third kappa shape index (κ3) is 4.15. The molecule has 2 fully saturated rings. The monoisotopic (exact) mass is 415 g/mol. The van der Waals surface area contributed by atoms with E-state index in [1.807, 2.05) is 11.3 Å². The fourth-order valence-corrected chi connectivity index (χ4v) is 6.28. The number of morpholine rings is 1. The van der Waals surface area contributed by atoms with E-state index in [2.05, 4.69) is 28.7 Å². The van der Waals surface area contributed by atoms with Crippen LogP contribution in [0, 0.1) is 5.92 Å². The predicted octanol–water partition coefficient (Wildman–Crippen LogP) is 2.79. The Morgan fingerprint density at radius 1 is 1.07 bits per heavy atom.